The van der Waals surface area contributed by atoms with E-state index in [0.29, 0.717) is 6.54 Å². The van der Waals surface area contributed by atoms with Crippen molar-refractivity contribution in [2.75, 3.05) is 6.54 Å². The van der Waals surface area contributed by atoms with Crippen LogP contribution in [0.15, 0.2) is 30.5 Å². The Labute approximate surface area is 150 Å². The van der Waals surface area contributed by atoms with Gasteiger partial charge in [-0.25, -0.2) is 0 Å². The van der Waals surface area contributed by atoms with Crippen LogP contribution in [-0.4, -0.2) is 32.1 Å². The highest BCUT2D eigenvalue weighted by Gasteiger charge is 2.31. The number of aromatic amines is 1. The summed E-state index contributed by atoms with van der Waals surface area (Å²) in [6, 6.07) is 8.16. The summed E-state index contributed by atoms with van der Waals surface area (Å²) in [7, 11) is 0. The minimum absolute atomic E-state index is 0.0679. The minimum Gasteiger partial charge on any atom is -0.341 e. The van der Waals surface area contributed by atoms with Crippen LogP contribution in [0, 0.1) is 5.92 Å². The predicted molar refractivity (Wildman–Crippen MR) is 96.5 cm³/mol. The van der Waals surface area contributed by atoms with Crippen LogP contribution in [-0.2, 0) is 30.7 Å². The van der Waals surface area contributed by atoms with Gasteiger partial charge in [-0.05, 0) is 36.6 Å². The number of aromatic nitrogens is 3. The molecule has 1 amide bonds. The van der Waals surface area contributed by atoms with Crippen LogP contribution in [0.25, 0.3) is 10.9 Å². The molecule has 2 aromatic heterocycles. The Balaban J connectivity index is 1.38. The molecule has 128 valence electrons. The molecule has 1 atom stereocenters. The summed E-state index contributed by atoms with van der Waals surface area (Å²) in [5.41, 5.74) is 4.74. The summed E-state index contributed by atoms with van der Waals surface area (Å²) in [5.74, 6) is 0.341. The lowest BCUT2D eigenvalue weighted by atomic mass is 9.87. The van der Waals surface area contributed by atoms with Gasteiger partial charge in [0.2, 0.25) is 5.91 Å². The first-order valence-corrected chi connectivity index (χ1v) is 9.14. The van der Waals surface area contributed by atoms with Crippen LogP contribution < -0.4 is 0 Å². The third-order valence-electron chi connectivity index (χ3n) is 5.58. The zero-order valence-corrected chi connectivity index (χ0v) is 14.6. The van der Waals surface area contributed by atoms with E-state index in [0.717, 1.165) is 48.6 Å². The molecule has 1 aliphatic carbocycles. The Bertz CT molecular complexity index is 973. The lowest BCUT2D eigenvalue weighted by Crippen LogP contribution is -2.42. The van der Waals surface area contributed by atoms with Gasteiger partial charge in [-0.1, -0.05) is 17.7 Å². The molecular weight excluding hydrogens is 336 g/mol. The van der Waals surface area contributed by atoms with Crippen LogP contribution in [0.1, 0.15) is 23.4 Å². The molecule has 0 saturated carbocycles. The number of nitrogens with one attached hydrogen (secondary N) is 1. The molecule has 1 aromatic carbocycles. The third-order valence-corrected chi connectivity index (χ3v) is 5.81. The van der Waals surface area contributed by atoms with Gasteiger partial charge in [0.15, 0.2) is 0 Å². The average molecular weight is 355 g/mol. The molecule has 5 nitrogen and oxygen atoms in total. The van der Waals surface area contributed by atoms with Crippen molar-refractivity contribution in [1.29, 1.82) is 0 Å². The molecule has 0 saturated heterocycles. The van der Waals surface area contributed by atoms with Crippen molar-refractivity contribution in [2.45, 2.75) is 32.4 Å². The van der Waals surface area contributed by atoms with Crippen molar-refractivity contribution in [3.8, 4) is 0 Å². The average Bonchev–Trinajstić information content (AvgIpc) is 3.23. The van der Waals surface area contributed by atoms with Crippen LogP contribution in [0.3, 0.4) is 0 Å². The molecule has 5 rings (SSSR count). The second-order valence-corrected chi connectivity index (χ2v) is 7.50. The van der Waals surface area contributed by atoms with E-state index in [-0.39, 0.29) is 11.8 Å². The third kappa shape index (κ3) is 2.45. The first kappa shape index (κ1) is 15.0. The number of rotatable bonds is 1. The fourth-order valence-corrected chi connectivity index (χ4v) is 4.41. The first-order chi connectivity index (χ1) is 12.2. The van der Waals surface area contributed by atoms with E-state index in [4.69, 9.17) is 11.6 Å². The molecule has 1 N–H and O–H groups in total. The Morgan fingerprint density at radius 1 is 1.28 bits per heavy atom. The van der Waals surface area contributed by atoms with E-state index in [2.05, 4.69) is 26.9 Å². The molecule has 0 unspecified atom stereocenters. The van der Waals surface area contributed by atoms with Gasteiger partial charge in [0.25, 0.3) is 0 Å². The molecule has 0 spiro atoms. The minimum atomic E-state index is 0.0679. The van der Waals surface area contributed by atoms with Crippen molar-refractivity contribution >= 4 is 28.4 Å². The molecule has 1 aliphatic heterocycles. The summed E-state index contributed by atoms with van der Waals surface area (Å²) in [6.45, 7) is 2.26. The summed E-state index contributed by atoms with van der Waals surface area (Å²) >= 11 is 6.14. The van der Waals surface area contributed by atoms with Gasteiger partial charge in [-0.3, -0.25) is 9.89 Å². The SMILES string of the molecule is O=C([C@H]1CCc2cn[nH]c2C1)N1CCn2c(cc3ccc(Cl)cc32)C1. The van der Waals surface area contributed by atoms with Crippen LogP contribution in [0.5, 0.6) is 0 Å². The molecular formula is C19H19ClN4O. The number of H-pyrrole nitrogens is 1. The van der Waals surface area contributed by atoms with Crippen molar-refractivity contribution in [2.24, 2.45) is 5.92 Å². The van der Waals surface area contributed by atoms with E-state index in [1.807, 2.05) is 23.2 Å². The second-order valence-electron chi connectivity index (χ2n) is 7.06. The topological polar surface area (TPSA) is 53.9 Å². The maximum Gasteiger partial charge on any atom is 0.226 e. The number of halogens is 1. The standard InChI is InChI=1S/C19H19ClN4O/c20-15-4-3-12-7-16-11-23(5-6-24(16)18(12)9-15)19(25)13-1-2-14-10-21-22-17(14)8-13/h3-4,7,9-10,13H,1-2,5-6,8,11H2,(H,21,22)/t13-/m0/s1. The number of hydrogen-bond donors (Lipinski definition) is 1. The normalized spacial score (nSPS) is 19.7. The predicted octanol–water partition coefficient (Wildman–Crippen LogP) is 3.17. The lowest BCUT2D eigenvalue weighted by Gasteiger charge is -2.33. The Kier molecular flexibility index (Phi) is 3.38. The number of hydrogen-bond acceptors (Lipinski definition) is 2. The van der Waals surface area contributed by atoms with Crippen LogP contribution in [0.4, 0.5) is 0 Å². The Morgan fingerprint density at radius 2 is 2.20 bits per heavy atom. The largest absolute Gasteiger partial charge is 0.341 e. The van der Waals surface area contributed by atoms with Gasteiger partial charge in [-0.15, -0.1) is 0 Å². The zero-order chi connectivity index (χ0) is 17.0. The molecule has 0 radical (unpaired) electrons. The fraction of sp³-hybridized carbons (Fsp3) is 0.368. The fourth-order valence-electron chi connectivity index (χ4n) is 4.24. The summed E-state index contributed by atoms with van der Waals surface area (Å²) < 4.78 is 2.29. The quantitative estimate of drug-likeness (QED) is 0.729. The summed E-state index contributed by atoms with van der Waals surface area (Å²) in [6.07, 6.45) is 4.53. The van der Waals surface area contributed by atoms with Gasteiger partial charge < -0.3 is 9.47 Å². The smallest absolute Gasteiger partial charge is 0.226 e. The van der Waals surface area contributed by atoms with E-state index >= 15 is 0 Å². The monoisotopic (exact) mass is 354 g/mol. The maximum atomic E-state index is 13.0. The molecule has 0 fully saturated rings. The lowest BCUT2D eigenvalue weighted by molar-refractivity contribution is -0.137. The van der Waals surface area contributed by atoms with Gasteiger partial charge in [0, 0.05) is 52.7 Å². The highest BCUT2D eigenvalue weighted by Crippen LogP contribution is 2.29. The summed E-state index contributed by atoms with van der Waals surface area (Å²) in [5, 5.41) is 9.10. The number of aryl methyl sites for hydroxylation is 1. The number of benzene rings is 1. The highest BCUT2D eigenvalue weighted by atomic mass is 35.5. The van der Waals surface area contributed by atoms with Crippen molar-refractivity contribution in [3.05, 3.63) is 52.4 Å². The Hall–Kier alpha value is -2.27. The number of carbonyl (C=O) groups is 1. The first-order valence-electron chi connectivity index (χ1n) is 8.76. The molecule has 3 aromatic rings. The van der Waals surface area contributed by atoms with Crippen LogP contribution in [0.2, 0.25) is 5.02 Å². The molecule has 6 heteroatoms. The molecule has 2 aliphatic rings. The molecule has 3 heterocycles. The van der Waals surface area contributed by atoms with Crippen molar-refractivity contribution < 1.29 is 4.79 Å². The summed E-state index contributed by atoms with van der Waals surface area (Å²) in [4.78, 5) is 15.0. The van der Waals surface area contributed by atoms with Gasteiger partial charge in [-0.2, -0.15) is 5.10 Å². The molecule has 25 heavy (non-hydrogen) atoms. The number of fused-ring (bicyclic) bond motifs is 4. The van der Waals surface area contributed by atoms with Crippen LogP contribution >= 0.6 is 11.6 Å². The number of nitrogens with zero attached hydrogens (tertiary/aromatic N) is 3. The number of carbonyl (C=O) groups excluding carboxylic acids is 1. The highest BCUT2D eigenvalue weighted by molar-refractivity contribution is 6.31. The van der Waals surface area contributed by atoms with E-state index < -0.39 is 0 Å². The van der Waals surface area contributed by atoms with E-state index in [9.17, 15) is 4.79 Å². The molecule has 0 bridgehead atoms. The van der Waals surface area contributed by atoms with Gasteiger partial charge >= 0.3 is 0 Å². The van der Waals surface area contributed by atoms with Crippen molar-refractivity contribution in [1.82, 2.24) is 19.7 Å². The van der Waals surface area contributed by atoms with Gasteiger partial charge in [0.1, 0.15) is 0 Å². The Morgan fingerprint density at radius 3 is 3.12 bits per heavy atom. The van der Waals surface area contributed by atoms with Gasteiger partial charge in [0.05, 0.1) is 12.7 Å². The number of amides is 1. The maximum absolute atomic E-state index is 13.0. The van der Waals surface area contributed by atoms with E-state index in [1.165, 1.54) is 16.6 Å². The zero-order valence-electron chi connectivity index (χ0n) is 13.8. The van der Waals surface area contributed by atoms with E-state index in [1.54, 1.807) is 0 Å². The van der Waals surface area contributed by atoms with Crippen molar-refractivity contribution in [3.63, 3.8) is 0 Å². The second kappa shape index (κ2) is 5.63.